The molecule has 3 heterocycles. The van der Waals surface area contributed by atoms with E-state index in [1.165, 1.54) is 0 Å². The zero-order valence-corrected chi connectivity index (χ0v) is 23.5. The number of nitrogens with one attached hydrogen (secondary N) is 1. The van der Waals surface area contributed by atoms with E-state index in [0.29, 0.717) is 37.1 Å². The molecule has 5 rings (SSSR count). The van der Waals surface area contributed by atoms with Gasteiger partial charge in [0.25, 0.3) is 0 Å². The van der Waals surface area contributed by atoms with Gasteiger partial charge >= 0.3 is 6.03 Å². The minimum absolute atomic E-state index is 0.0123. The molecule has 2 fully saturated rings. The molecule has 4 amide bonds. The van der Waals surface area contributed by atoms with Crippen molar-refractivity contribution in [3.05, 3.63) is 64.7 Å². The van der Waals surface area contributed by atoms with Gasteiger partial charge in [0.05, 0.1) is 5.25 Å². The molecule has 202 valence electrons. The highest BCUT2D eigenvalue weighted by Crippen LogP contribution is 2.45. The fourth-order valence-corrected chi connectivity index (χ4v) is 7.16. The Morgan fingerprint density at radius 1 is 1.11 bits per heavy atom. The first-order valence-corrected chi connectivity index (χ1v) is 14.8. The van der Waals surface area contributed by atoms with Crippen LogP contribution in [0.3, 0.4) is 0 Å². The maximum Gasteiger partial charge on any atom is 0.322 e. The Kier molecular flexibility index (Phi) is 8.19. The highest BCUT2D eigenvalue weighted by atomic mass is 35.5. The molecule has 0 aromatic heterocycles. The van der Waals surface area contributed by atoms with E-state index in [0.717, 1.165) is 36.1 Å². The molecule has 7 nitrogen and oxygen atoms in total. The number of rotatable bonds is 7. The molecular formula is C29H35ClN4O3S. The Labute approximate surface area is 233 Å². The monoisotopic (exact) mass is 554 g/mol. The predicted molar refractivity (Wildman–Crippen MR) is 152 cm³/mol. The molecule has 38 heavy (non-hydrogen) atoms. The summed E-state index contributed by atoms with van der Waals surface area (Å²) in [4.78, 5) is 45.2. The van der Waals surface area contributed by atoms with E-state index in [-0.39, 0.29) is 35.7 Å². The number of anilines is 1. The summed E-state index contributed by atoms with van der Waals surface area (Å²) in [6.45, 7) is 6.74. The Morgan fingerprint density at radius 2 is 1.87 bits per heavy atom. The first kappa shape index (κ1) is 26.9. The highest BCUT2D eigenvalue weighted by molar-refractivity contribution is 8.01. The maximum absolute atomic E-state index is 13.5. The van der Waals surface area contributed by atoms with Gasteiger partial charge in [0.2, 0.25) is 11.8 Å². The van der Waals surface area contributed by atoms with E-state index in [9.17, 15) is 14.4 Å². The molecule has 2 aromatic carbocycles. The largest absolute Gasteiger partial charge is 0.342 e. The lowest BCUT2D eigenvalue weighted by Crippen LogP contribution is -2.51. The number of carbonyl (C=O) groups is 3. The average molecular weight is 555 g/mol. The molecular weight excluding hydrogens is 520 g/mol. The summed E-state index contributed by atoms with van der Waals surface area (Å²) in [6.07, 6.45) is 2.57. The number of fused-ring (bicyclic) bond motifs is 1. The van der Waals surface area contributed by atoms with Crippen molar-refractivity contribution in [1.82, 2.24) is 14.7 Å². The summed E-state index contributed by atoms with van der Waals surface area (Å²) in [5.74, 6) is 0.524. The molecule has 2 saturated heterocycles. The molecule has 3 aliphatic heterocycles. The van der Waals surface area contributed by atoms with E-state index < -0.39 is 5.25 Å². The van der Waals surface area contributed by atoms with Gasteiger partial charge in [-0.1, -0.05) is 55.8 Å². The van der Waals surface area contributed by atoms with Crippen LogP contribution in [0.25, 0.3) is 0 Å². The standard InChI is InChI=1S/C29H35ClN4O3S/c1-19(2)10-15-33-27(36)25(38-28(33)20-7-5-8-22(30)16-20)17-26(35)32-13-11-23(12-14-32)34-18-21-6-3-4-9-24(21)31-29(34)37/h3-9,16,19,23,25,28H,10-15,17-18H2,1-2H3,(H,31,37). The van der Waals surface area contributed by atoms with Crippen LogP contribution in [0.2, 0.25) is 5.02 Å². The first-order valence-electron chi connectivity index (χ1n) is 13.4. The van der Waals surface area contributed by atoms with Crippen LogP contribution in [0.15, 0.2) is 48.5 Å². The number of hydrogen-bond donors (Lipinski definition) is 1. The third-order valence-corrected chi connectivity index (χ3v) is 9.41. The van der Waals surface area contributed by atoms with Crippen LogP contribution in [-0.4, -0.2) is 63.5 Å². The number of hydrogen-bond acceptors (Lipinski definition) is 4. The molecule has 0 radical (unpaired) electrons. The van der Waals surface area contributed by atoms with Crippen molar-refractivity contribution >= 4 is 46.9 Å². The number of carbonyl (C=O) groups excluding carboxylic acids is 3. The normalized spacial score (nSPS) is 22.2. The maximum atomic E-state index is 13.5. The van der Waals surface area contributed by atoms with Crippen molar-refractivity contribution in [3.8, 4) is 0 Å². The lowest BCUT2D eigenvalue weighted by atomic mass is 10.0. The van der Waals surface area contributed by atoms with Crippen LogP contribution < -0.4 is 5.32 Å². The van der Waals surface area contributed by atoms with Gasteiger partial charge in [0.15, 0.2) is 0 Å². The van der Waals surface area contributed by atoms with E-state index in [2.05, 4.69) is 19.2 Å². The fourth-order valence-electron chi connectivity index (χ4n) is 5.50. The van der Waals surface area contributed by atoms with Gasteiger partial charge in [-0.05, 0) is 54.5 Å². The summed E-state index contributed by atoms with van der Waals surface area (Å²) < 4.78 is 0. The van der Waals surface area contributed by atoms with Crippen molar-refractivity contribution in [2.75, 3.05) is 25.0 Å². The molecule has 2 aromatic rings. The van der Waals surface area contributed by atoms with E-state index in [4.69, 9.17) is 11.6 Å². The first-order chi connectivity index (χ1) is 18.3. The minimum Gasteiger partial charge on any atom is -0.342 e. The number of benzene rings is 2. The third kappa shape index (κ3) is 5.81. The summed E-state index contributed by atoms with van der Waals surface area (Å²) >= 11 is 7.82. The van der Waals surface area contributed by atoms with Crippen LogP contribution >= 0.6 is 23.4 Å². The molecule has 0 bridgehead atoms. The topological polar surface area (TPSA) is 73.0 Å². The van der Waals surface area contributed by atoms with Gasteiger partial charge in [-0.3, -0.25) is 9.59 Å². The predicted octanol–water partition coefficient (Wildman–Crippen LogP) is 5.76. The Bertz CT molecular complexity index is 1200. The Morgan fingerprint density at radius 3 is 2.61 bits per heavy atom. The van der Waals surface area contributed by atoms with Crippen LogP contribution in [0.5, 0.6) is 0 Å². The van der Waals surface area contributed by atoms with Crippen molar-refractivity contribution in [1.29, 1.82) is 0 Å². The zero-order chi connectivity index (χ0) is 26.8. The summed E-state index contributed by atoms with van der Waals surface area (Å²) in [5, 5.41) is 3.10. The third-order valence-electron chi connectivity index (χ3n) is 7.69. The van der Waals surface area contributed by atoms with Crippen LogP contribution in [-0.2, 0) is 16.1 Å². The Hall–Kier alpha value is -2.71. The van der Waals surface area contributed by atoms with Gasteiger partial charge in [0, 0.05) is 49.4 Å². The van der Waals surface area contributed by atoms with Crippen LogP contribution in [0.4, 0.5) is 10.5 Å². The number of amides is 4. The second-order valence-electron chi connectivity index (χ2n) is 10.8. The van der Waals surface area contributed by atoms with Gasteiger partial charge in [-0.15, -0.1) is 11.8 Å². The summed E-state index contributed by atoms with van der Waals surface area (Å²) in [6, 6.07) is 15.6. The molecule has 9 heteroatoms. The van der Waals surface area contributed by atoms with Gasteiger partial charge in [-0.2, -0.15) is 0 Å². The van der Waals surface area contributed by atoms with E-state index in [1.807, 2.05) is 63.2 Å². The summed E-state index contributed by atoms with van der Waals surface area (Å²) in [7, 11) is 0. The van der Waals surface area contributed by atoms with Crippen LogP contribution in [0.1, 0.15) is 56.0 Å². The SMILES string of the molecule is CC(C)CCN1C(=O)C(CC(=O)N2CCC(N3Cc4ccccc4NC3=O)CC2)SC1c1cccc(Cl)c1. The van der Waals surface area contributed by atoms with Gasteiger partial charge in [-0.25, -0.2) is 4.79 Å². The number of thioether (sulfide) groups is 1. The lowest BCUT2D eigenvalue weighted by molar-refractivity contribution is -0.137. The molecule has 2 unspecified atom stereocenters. The second kappa shape index (κ2) is 11.6. The number of para-hydroxylation sites is 1. The molecule has 0 saturated carbocycles. The molecule has 2 atom stereocenters. The van der Waals surface area contributed by atoms with Crippen molar-refractivity contribution in [2.24, 2.45) is 5.92 Å². The quantitative estimate of drug-likeness (QED) is 0.472. The number of nitrogens with zero attached hydrogens (tertiary/aromatic N) is 3. The van der Waals surface area contributed by atoms with E-state index in [1.54, 1.807) is 11.8 Å². The van der Waals surface area contributed by atoms with E-state index >= 15 is 0 Å². The lowest BCUT2D eigenvalue weighted by Gasteiger charge is -2.40. The average Bonchev–Trinajstić information content (AvgIpc) is 3.21. The molecule has 0 aliphatic carbocycles. The summed E-state index contributed by atoms with van der Waals surface area (Å²) in [5.41, 5.74) is 2.98. The highest BCUT2D eigenvalue weighted by Gasteiger charge is 2.42. The number of piperidine rings is 1. The van der Waals surface area contributed by atoms with Gasteiger partial charge in [0.1, 0.15) is 5.37 Å². The zero-order valence-electron chi connectivity index (χ0n) is 21.9. The number of halogens is 1. The van der Waals surface area contributed by atoms with Crippen LogP contribution in [0, 0.1) is 5.92 Å². The number of likely N-dealkylation sites (tertiary alicyclic amines) is 1. The fraction of sp³-hybridized carbons (Fsp3) is 0.483. The second-order valence-corrected chi connectivity index (χ2v) is 12.5. The smallest absolute Gasteiger partial charge is 0.322 e. The Balaban J connectivity index is 1.20. The molecule has 1 N–H and O–H groups in total. The van der Waals surface area contributed by atoms with Crippen molar-refractivity contribution < 1.29 is 14.4 Å². The van der Waals surface area contributed by atoms with Crippen molar-refractivity contribution in [2.45, 2.75) is 62.7 Å². The van der Waals surface area contributed by atoms with Gasteiger partial charge < -0.3 is 20.0 Å². The molecule has 0 spiro atoms. The number of urea groups is 1. The van der Waals surface area contributed by atoms with Crippen molar-refractivity contribution in [3.63, 3.8) is 0 Å². The molecule has 3 aliphatic rings. The minimum atomic E-state index is -0.402.